The van der Waals surface area contributed by atoms with Gasteiger partial charge in [0.1, 0.15) is 5.76 Å². The molecule has 0 aliphatic heterocycles. The molecule has 1 aromatic heterocycles. The van der Waals surface area contributed by atoms with Gasteiger partial charge in [-0.1, -0.05) is 32.9 Å². The molecule has 0 fully saturated rings. The summed E-state index contributed by atoms with van der Waals surface area (Å²) in [7, 11) is 0. The summed E-state index contributed by atoms with van der Waals surface area (Å²) in [4.78, 5) is 16.4. The fraction of sp³-hybridized carbons (Fsp3) is 0.412. The number of nitrogens with zero attached hydrogens (tertiary/aromatic N) is 1. The molecule has 1 amide bonds. The van der Waals surface area contributed by atoms with Crippen molar-refractivity contribution in [1.82, 2.24) is 4.98 Å². The van der Waals surface area contributed by atoms with Crippen molar-refractivity contribution in [2.75, 3.05) is 5.32 Å². The molecule has 1 aromatic carbocycles. The highest BCUT2D eigenvalue weighted by atomic mass is 19.4. The molecule has 0 atom stereocenters. The summed E-state index contributed by atoms with van der Waals surface area (Å²) in [6.45, 7) is 7.45. The molecule has 4 nitrogen and oxygen atoms in total. The van der Waals surface area contributed by atoms with Crippen LogP contribution in [0.1, 0.15) is 43.7 Å². The topological polar surface area (TPSA) is 55.1 Å². The number of carbonyl (C=O) groups excluding carboxylic acids is 1. The number of hydrogen-bond acceptors (Lipinski definition) is 3. The first-order chi connectivity index (χ1) is 11.0. The van der Waals surface area contributed by atoms with Crippen molar-refractivity contribution in [3.05, 3.63) is 47.2 Å². The highest BCUT2D eigenvalue weighted by molar-refractivity contribution is 5.92. The van der Waals surface area contributed by atoms with Crippen LogP contribution in [0.15, 0.2) is 28.7 Å². The van der Waals surface area contributed by atoms with Gasteiger partial charge in [-0.25, -0.2) is 4.98 Å². The fourth-order valence-electron chi connectivity index (χ4n) is 2.09. The molecule has 24 heavy (non-hydrogen) atoms. The standard InChI is InChI=1S/C17H19F3N2O2/c1-10-13(24-15(21-10)16(2,3)4)9-14(23)22-12-8-6-5-7-11(12)17(18,19)20/h5-8H,9H2,1-4H3,(H,22,23). The minimum Gasteiger partial charge on any atom is -0.444 e. The van der Waals surface area contributed by atoms with E-state index in [0.29, 0.717) is 17.3 Å². The first-order valence-corrected chi connectivity index (χ1v) is 7.41. The van der Waals surface area contributed by atoms with Gasteiger partial charge in [-0.3, -0.25) is 4.79 Å². The van der Waals surface area contributed by atoms with Gasteiger partial charge < -0.3 is 9.73 Å². The number of nitrogens with one attached hydrogen (secondary N) is 1. The number of halogens is 3. The maximum atomic E-state index is 12.9. The van der Waals surface area contributed by atoms with Gasteiger partial charge >= 0.3 is 6.18 Å². The highest BCUT2D eigenvalue weighted by Crippen LogP contribution is 2.34. The SMILES string of the molecule is Cc1nc(C(C)(C)C)oc1CC(=O)Nc1ccccc1C(F)(F)F. The number of aryl methyl sites for hydroxylation is 1. The molecule has 130 valence electrons. The summed E-state index contributed by atoms with van der Waals surface area (Å²) < 4.78 is 44.4. The van der Waals surface area contributed by atoms with E-state index in [1.54, 1.807) is 6.92 Å². The second-order valence-corrected chi connectivity index (χ2v) is 6.55. The second-order valence-electron chi connectivity index (χ2n) is 6.55. The van der Waals surface area contributed by atoms with Crippen LogP contribution in [0.4, 0.5) is 18.9 Å². The number of oxazole rings is 1. The summed E-state index contributed by atoms with van der Waals surface area (Å²) in [5.41, 5.74) is -0.923. The van der Waals surface area contributed by atoms with E-state index in [4.69, 9.17) is 4.42 Å². The molecule has 0 aliphatic carbocycles. The van der Waals surface area contributed by atoms with Crippen LogP contribution in [-0.2, 0) is 22.8 Å². The molecule has 7 heteroatoms. The van der Waals surface area contributed by atoms with E-state index in [1.807, 2.05) is 20.8 Å². The normalized spacial score (nSPS) is 12.3. The van der Waals surface area contributed by atoms with Crippen LogP contribution in [0.25, 0.3) is 0 Å². The minimum absolute atomic E-state index is 0.179. The van der Waals surface area contributed by atoms with Crippen LogP contribution >= 0.6 is 0 Å². The number of amides is 1. The molecular formula is C17H19F3N2O2. The monoisotopic (exact) mass is 340 g/mol. The lowest BCUT2D eigenvalue weighted by molar-refractivity contribution is -0.137. The molecule has 0 radical (unpaired) electrons. The Kier molecular flexibility index (Phi) is 4.73. The average Bonchev–Trinajstić information content (AvgIpc) is 2.79. The molecule has 0 bridgehead atoms. The molecule has 1 N–H and O–H groups in total. The van der Waals surface area contributed by atoms with E-state index in [9.17, 15) is 18.0 Å². The Morgan fingerprint density at radius 2 is 1.83 bits per heavy atom. The lowest BCUT2D eigenvalue weighted by atomic mass is 9.97. The molecule has 2 rings (SSSR count). The zero-order valence-corrected chi connectivity index (χ0v) is 13.9. The zero-order chi connectivity index (χ0) is 18.1. The smallest absolute Gasteiger partial charge is 0.418 e. The van der Waals surface area contributed by atoms with E-state index in [2.05, 4.69) is 10.3 Å². The number of carbonyl (C=O) groups is 1. The second kappa shape index (κ2) is 6.30. The van der Waals surface area contributed by atoms with Gasteiger partial charge in [-0.05, 0) is 19.1 Å². The molecule has 0 saturated carbocycles. The third-order valence-electron chi connectivity index (χ3n) is 3.36. The summed E-state index contributed by atoms with van der Waals surface area (Å²) in [6, 6.07) is 4.85. The Labute approximate surface area is 138 Å². The van der Waals surface area contributed by atoms with E-state index in [1.165, 1.54) is 18.2 Å². The number of benzene rings is 1. The summed E-state index contributed by atoms with van der Waals surface area (Å²) >= 11 is 0. The first-order valence-electron chi connectivity index (χ1n) is 7.41. The van der Waals surface area contributed by atoms with Crippen molar-refractivity contribution in [1.29, 1.82) is 0 Å². The summed E-state index contributed by atoms with van der Waals surface area (Å²) in [6.07, 6.45) is -4.72. The van der Waals surface area contributed by atoms with Crippen molar-refractivity contribution in [3.63, 3.8) is 0 Å². The zero-order valence-electron chi connectivity index (χ0n) is 13.9. The van der Waals surface area contributed by atoms with Crippen molar-refractivity contribution in [2.24, 2.45) is 0 Å². The van der Waals surface area contributed by atoms with Crippen LogP contribution in [0.3, 0.4) is 0 Å². The van der Waals surface area contributed by atoms with Gasteiger partial charge in [0.25, 0.3) is 0 Å². The van der Waals surface area contributed by atoms with Crippen molar-refractivity contribution in [2.45, 2.75) is 45.7 Å². The van der Waals surface area contributed by atoms with E-state index < -0.39 is 17.6 Å². The Balaban J connectivity index is 2.17. The Hall–Kier alpha value is -2.31. The van der Waals surface area contributed by atoms with Crippen LogP contribution < -0.4 is 5.32 Å². The maximum absolute atomic E-state index is 12.9. The van der Waals surface area contributed by atoms with Gasteiger partial charge in [0.05, 0.1) is 23.4 Å². The largest absolute Gasteiger partial charge is 0.444 e. The number of aromatic nitrogens is 1. The van der Waals surface area contributed by atoms with E-state index >= 15 is 0 Å². The number of para-hydroxylation sites is 1. The quantitative estimate of drug-likeness (QED) is 0.896. The number of rotatable bonds is 3. The van der Waals surface area contributed by atoms with Gasteiger partial charge in [-0.2, -0.15) is 13.2 Å². The Morgan fingerprint density at radius 3 is 2.38 bits per heavy atom. The highest BCUT2D eigenvalue weighted by Gasteiger charge is 2.33. The Bertz CT molecular complexity index is 743. The Morgan fingerprint density at radius 1 is 1.21 bits per heavy atom. The number of anilines is 1. The van der Waals surface area contributed by atoms with Crippen LogP contribution in [-0.4, -0.2) is 10.9 Å². The molecule has 1 heterocycles. The van der Waals surface area contributed by atoms with Crippen molar-refractivity contribution in [3.8, 4) is 0 Å². The predicted molar refractivity (Wildman–Crippen MR) is 83.7 cm³/mol. The fourth-order valence-corrected chi connectivity index (χ4v) is 2.09. The van der Waals surface area contributed by atoms with Crippen LogP contribution in [0.2, 0.25) is 0 Å². The molecule has 2 aromatic rings. The maximum Gasteiger partial charge on any atom is 0.418 e. The van der Waals surface area contributed by atoms with Gasteiger partial charge in [0.15, 0.2) is 5.89 Å². The summed E-state index contributed by atoms with van der Waals surface area (Å²) in [5.74, 6) is 0.242. The van der Waals surface area contributed by atoms with Gasteiger partial charge in [0.2, 0.25) is 5.91 Å². The minimum atomic E-state index is -4.54. The molecule has 0 spiro atoms. The van der Waals surface area contributed by atoms with Gasteiger partial charge in [-0.15, -0.1) is 0 Å². The van der Waals surface area contributed by atoms with Crippen LogP contribution in [0.5, 0.6) is 0 Å². The molecular weight excluding hydrogens is 321 g/mol. The summed E-state index contributed by atoms with van der Waals surface area (Å²) in [5, 5.41) is 2.29. The number of alkyl halides is 3. The van der Waals surface area contributed by atoms with E-state index in [-0.39, 0.29) is 17.5 Å². The third-order valence-corrected chi connectivity index (χ3v) is 3.36. The van der Waals surface area contributed by atoms with Crippen LogP contribution in [0, 0.1) is 6.92 Å². The van der Waals surface area contributed by atoms with Crippen molar-refractivity contribution >= 4 is 11.6 Å². The predicted octanol–water partition coefficient (Wildman–Crippen LogP) is 4.48. The third kappa shape index (κ3) is 4.15. The lowest BCUT2D eigenvalue weighted by Gasteiger charge is -2.13. The van der Waals surface area contributed by atoms with Gasteiger partial charge in [0, 0.05) is 5.41 Å². The van der Waals surface area contributed by atoms with Crippen molar-refractivity contribution < 1.29 is 22.4 Å². The molecule has 0 aliphatic rings. The first kappa shape index (κ1) is 18.0. The van der Waals surface area contributed by atoms with E-state index in [0.717, 1.165) is 6.07 Å². The average molecular weight is 340 g/mol. The lowest BCUT2D eigenvalue weighted by Crippen LogP contribution is -2.18. The molecule has 0 saturated heterocycles. The molecule has 0 unspecified atom stereocenters. The number of hydrogen-bond donors (Lipinski definition) is 1.